The van der Waals surface area contributed by atoms with Crippen LogP contribution in [0.5, 0.6) is 11.5 Å². The predicted molar refractivity (Wildman–Crippen MR) is 111 cm³/mol. The van der Waals surface area contributed by atoms with Crippen LogP contribution in [0.15, 0.2) is 41.1 Å². The fourth-order valence-corrected chi connectivity index (χ4v) is 4.53. The Balaban J connectivity index is 1.29. The highest BCUT2D eigenvalue weighted by molar-refractivity contribution is 7.08. The van der Waals surface area contributed by atoms with Gasteiger partial charge in [0.2, 0.25) is 6.79 Å². The third-order valence-electron chi connectivity index (χ3n) is 5.46. The molecule has 1 amide bonds. The van der Waals surface area contributed by atoms with Gasteiger partial charge in [0, 0.05) is 41.2 Å². The molecule has 5 rings (SSSR count). The zero-order valence-electron chi connectivity index (χ0n) is 16.1. The van der Waals surface area contributed by atoms with Gasteiger partial charge < -0.3 is 14.4 Å². The van der Waals surface area contributed by atoms with Gasteiger partial charge in [-0.2, -0.15) is 11.3 Å². The second-order valence-corrected chi connectivity index (χ2v) is 8.18. The summed E-state index contributed by atoms with van der Waals surface area (Å²) in [5, 5.41) is 4.17. The van der Waals surface area contributed by atoms with Crippen molar-refractivity contribution in [3.05, 3.63) is 58.2 Å². The van der Waals surface area contributed by atoms with Crippen molar-refractivity contribution in [2.24, 2.45) is 0 Å². The molecule has 0 aliphatic carbocycles. The maximum Gasteiger partial charge on any atom is 0.253 e. The van der Waals surface area contributed by atoms with Crippen molar-refractivity contribution in [1.29, 1.82) is 0 Å². The van der Waals surface area contributed by atoms with Crippen LogP contribution in [0.3, 0.4) is 0 Å². The average molecular weight is 407 g/mol. The number of likely N-dealkylation sites (tertiary alicyclic amines) is 1. The normalized spacial score (nSPS) is 16.2. The lowest BCUT2D eigenvalue weighted by molar-refractivity contribution is 0.0710. The number of rotatable bonds is 3. The Morgan fingerprint density at radius 1 is 1.10 bits per heavy atom. The molecule has 1 saturated heterocycles. The van der Waals surface area contributed by atoms with E-state index in [1.54, 1.807) is 29.5 Å². The van der Waals surface area contributed by atoms with E-state index in [-0.39, 0.29) is 18.6 Å². The van der Waals surface area contributed by atoms with Gasteiger partial charge in [-0.1, -0.05) is 0 Å². The lowest BCUT2D eigenvalue weighted by atomic mass is 9.95. The van der Waals surface area contributed by atoms with Crippen molar-refractivity contribution in [2.45, 2.75) is 25.7 Å². The van der Waals surface area contributed by atoms with E-state index in [1.165, 1.54) is 0 Å². The standard InChI is InChI=1S/C22H21N3O3S/c1-14-10-18(17-6-9-29-12-17)24-21(23-14)15-4-7-25(8-5-15)22(26)16-2-3-19-20(11-16)28-13-27-19/h2-3,6,9-12,15H,4-5,7-8,13H2,1H3. The summed E-state index contributed by atoms with van der Waals surface area (Å²) in [4.78, 5) is 24.3. The number of hydrogen-bond acceptors (Lipinski definition) is 6. The topological polar surface area (TPSA) is 64.6 Å². The van der Waals surface area contributed by atoms with Gasteiger partial charge in [-0.05, 0) is 55.5 Å². The molecule has 6 nitrogen and oxygen atoms in total. The molecule has 0 saturated carbocycles. The fourth-order valence-electron chi connectivity index (χ4n) is 3.89. The molecule has 2 aliphatic heterocycles. The molecule has 0 N–H and O–H groups in total. The van der Waals surface area contributed by atoms with Crippen LogP contribution < -0.4 is 9.47 Å². The van der Waals surface area contributed by atoms with E-state index in [2.05, 4.69) is 16.8 Å². The first kappa shape index (κ1) is 18.1. The third-order valence-corrected chi connectivity index (χ3v) is 6.14. The van der Waals surface area contributed by atoms with Crippen LogP contribution >= 0.6 is 11.3 Å². The number of fused-ring (bicyclic) bond motifs is 1. The number of aromatic nitrogens is 2. The Kier molecular flexibility index (Phi) is 4.67. The molecule has 29 heavy (non-hydrogen) atoms. The number of nitrogens with zero attached hydrogens (tertiary/aromatic N) is 3. The maximum absolute atomic E-state index is 12.9. The van der Waals surface area contributed by atoms with Crippen LogP contribution in [-0.2, 0) is 0 Å². The van der Waals surface area contributed by atoms with Gasteiger partial charge in [-0.3, -0.25) is 4.79 Å². The molecule has 2 aromatic heterocycles. The second kappa shape index (κ2) is 7.48. The number of benzene rings is 1. The summed E-state index contributed by atoms with van der Waals surface area (Å²) in [7, 11) is 0. The monoisotopic (exact) mass is 407 g/mol. The van der Waals surface area contributed by atoms with Gasteiger partial charge in [0.05, 0.1) is 5.69 Å². The number of piperidine rings is 1. The number of thiophene rings is 1. The smallest absolute Gasteiger partial charge is 0.253 e. The quantitative estimate of drug-likeness (QED) is 0.649. The van der Waals surface area contributed by atoms with Crippen LogP contribution in [0.4, 0.5) is 0 Å². The Hall–Kier alpha value is -2.93. The highest BCUT2D eigenvalue weighted by Crippen LogP contribution is 2.34. The van der Waals surface area contributed by atoms with Gasteiger partial charge in [0.1, 0.15) is 5.82 Å². The fraction of sp³-hybridized carbons (Fsp3) is 0.318. The van der Waals surface area contributed by atoms with E-state index >= 15 is 0 Å². The number of ether oxygens (including phenoxy) is 2. The van der Waals surface area contributed by atoms with Crippen LogP contribution in [0.25, 0.3) is 11.3 Å². The molecule has 0 radical (unpaired) electrons. The molecule has 1 fully saturated rings. The molecule has 0 unspecified atom stereocenters. The van der Waals surface area contributed by atoms with Crippen molar-refractivity contribution in [3.8, 4) is 22.8 Å². The molecule has 148 valence electrons. The van der Waals surface area contributed by atoms with Gasteiger partial charge in [-0.15, -0.1) is 0 Å². The van der Waals surface area contributed by atoms with E-state index in [0.29, 0.717) is 30.2 Å². The van der Waals surface area contributed by atoms with Gasteiger partial charge in [0.15, 0.2) is 11.5 Å². The number of carbonyl (C=O) groups excluding carboxylic acids is 1. The van der Waals surface area contributed by atoms with Crippen molar-refractivity contribution in [2.75, 3.05) is 19.9 Å². The largest absolute Gasteiger partial charge is 0.454 e. The molecule has 7 heteroatoms. The summed E-state index contributed by atoms with van der Waals surface area (Å²) < 4.78 is 10.7. The van der Waals surface area contributed by atoms with E-state index in [9.17, 15) is 4.79 Å². The zero-order valence-corrected chi connectivity index (χ0v) is 16.9. The Morgan fingerprint density at radius 3 is 2.72 bits per heavy atom. The lowest BCUT2D eigenvalue weighted by Gasteiger charge is -2.31. The highest BCUT2D eigenvalue weighted by Gasteiger charge is 2.27. The molecule has 0 atom stereocenters. The Labute approximate surface area is 173 Å². The third kappa shape index (κ3) is 3.58. The van der Waals surface area contributed by atoms with Crippen molar-refractivity contribution >= 4 is 17.2 Å². The van der Waals surface area contributed by atoms with E-state index < -0.39 is 0 Å². The first-order chi connectivity index (χ1) is 14.2. The minimum Gasteiger partial charge on any atom is -0.454 e. The predicted octanol–water partition coefficient (Wildman–Crippen LogP) is 4.26. The van der Waals surface area contributed by atoms with E-state index in [1.807, 2.05) is 17.9 Å². The summed E-state index contributed by atoms with van der Waals surface area (Å²) in [6, 6.07) is 9.49. The summed E-state index contributed by atoms with van der Waals surface area (Å²) in [5.74, 6) is 2.53. The summed E-state index contributed by atoms with van der Waals surface area (Å²) in [6.45, 7) is 3.62. The summed E-state index contributed by atoms with van der Waals surface area (Å²) in [6.07, 6.45) is 1.73. The van der Waals surface area contributed by atoms with Gasteiger partial charge in [0.25, 0.3) is 5.91 Å². The van der Waals surface area contributed by atoms with Crippen molar-refractivity contribution in [1.82, 2.24) is 14.9 Å². The minimum atomic E-state index is 0.0332. The molecular formula is C22H21N3O3S. The van der Waals surface area contributed by atoms with Crippen molar-refractivity contribution in [3.63, 3.8) is 0 Å². The second-order valence-electron chi connectivity index (χ2n) is 7.40. The molecule has 0 spiro atoms. The van der Waals surface area contributed by atoms with Crippen LogP contribution in [0.2, 0.25) is 0 Å². The van der Waals surface area contributed by atoms with Gasteiger partial charge >= 0.3 is 0 Å². The molecule has 1 aromatic carbocycles. The van der Waals surface area contributed by atoms with Crippen LogP contribution in [0.1, 0.15) is 40.6 Å². The zero-order chi connectivity index (χ0) is 19.8. The maximum atomic E-state index is 12.9. The van der Waals surface area contributed by atoms with Crippen molar-refractivity contribution < 1.29 is 14.3 Å². The van der Waals surface area contributed by atoms with Gasteiger partial charge in [-0.25, -0.2) is 9.97 Å². The average Bonchev–Trinajstić information content (AvgIpc) is 3.44. The molecule has 0 bridgehead atoms. The first-order valence-corrected chi connectivity index (χ1v) is 10.7. The van der Waals surface area contributed by atoms with Crippen LogP contribution in [0, 0.1) is 6.92 Å². The number of hydrogen-bond donors (Lipinski definition) is 0. The number of aryl methyl sites for hydroxylation is 1. The van der Waals surface area contributed by atoms with E-state index in [4.69, 9.17) is 19.4 Å². The number of carbonyl (C=O) groups is 1. The summed E-state index contributed by atoms with van der Waals surface area (Å²) >= 11 is 1.67. The lowest BCUT2D eigenvalue weighted by Crippen LogP contribution is -2.38. The highest BCUT2D eigenvalue weighted by atomic mass is 32.1. The molecule has 4 heterocycles. The minimum absolute atomic E-state index is 0.0332. The van der Waals surface area contributed by atoms with Crippen LogP contribution in [-0.4, -0.2) is 40.7 Å². The molecule has 3 aromatic rings. The molecule has 2 aliphatic rings. The SMILES string of the molecule is Cc1cc(-c2ccsc2)nc(C2CCN(C(=O)c3ccc4c(c3)OCO4)CC2)n1. The number of amides is 1. The Morgan fingerprint density at radius 2 is 1.93 bits per heavy atom. The van der Waals surface area contributed by atoms with E-state index in [0.717, 1.165) is 35.6 Å². The summed E-state index contributed by atoms with van der Waals surface area (Å²) in [5.41, 5.74) is 3.74. The first-order valence-electron chi connectivity index (χ1n) is 9.74. The Bertz CT molecular complexity index is 1040. The molecular weight excluding hydrogens is 386 g/mol.